The first-order valence-corrected chi connectivity index (χ1v) is 6.97. The third kappa shape index (κ3) is 3.93. The van der Waals surface area contributed by atoms with Crippen molar-refractivity contribution in [3.8, 4) is 0 Å². The van der Waals surface area contributed by atoms with Gasteiger partial charge >= 0.3 is 0 Å². The lowest BCUT2D eigenvalue weighted by Crippen LogP contribution is -2.32. The Morgan fingerprint density at radius 2 is 1.95 bits per heavy atom. The van der Waals surface area contributed by atoms with Crippen LogP contribution in [-0.4, -0.2) is 16.8 Å². The highest BCUT2D eigenvalue weighted by molar-refractivity contribution is 7.80. The Kier molecular flexibility index (Phi) is 4.51. The molecule has 0 aromatic heterocycles. The number of carbonyl (C=O) groups excluding carboxylic acids is 1. The molecule has 1 aromatic carbocycles. The second kappa shape index (κ2) is 6.01. The van der Waals surface area contributed by atoms with Gasteiger partial charge in [0.15, 0.2) is 0 Å². The van der Waals surface area contributed by atoms with E-state index in [1.54, 1.807) is 0 Å². The lowest BCUT2D eigenvalue weighted by Gasteiger charge is -2.27. The van der Waals surface area contributed by atoms with Gasteiger partial charge in [-0.15, -0.1) is 0 Å². The zero-order valence-corrected chi connectivity index (χ0v) is 12.0. The van der Waals surface area contributed by atoms with Gasteiger partial charge in [-0.25, -0.2) is 13.2 Å². The first kappa shape index (κ1) is 15.8. The van der Waals surface area contributed by atoms with Gasteiger partial charge in [-0.05, 0) is 31.0 Å². The molecule has 0 saturated heterocycles. The quantitative estimate of drug-likeness (QED) is 0.842. The Labute approximate surface area is 125 Å². The van der Waals surface area contributed by atoms with Gasteiger partial charge in [0.25, 0.3) is 0 Å². The zero-order chi connectivity index (χ0) is 15.6. The van der Waals surface area contributed by atoms with Gasteiger partial charge in [-0.3, -0.25) is 4.79 Å². The molecule has 1 fully saturated rings. The van der Waals surface area contributed by atoms with Crippen LogP contribution in [0.15, 0.2) is 18.2 Å². The van der Waals surface area contributed by atoms with Crippen molar-refractivity contribution in [2.75, 3.05) is 5.32 Å². The number of anilines is 1. The molecule has 1 aromatic rings. The molecule has 0 heterocycles. The van der Waals surface area contributed by atoms with Crippen LogP contribution >= 0.6 is 12.2 Å². The summed E-state index contributed by atoms with van der Waals surface area (Å²) in [5, 5.41) is 2.60. The second-order valence-corrected chi connectivity index (χ2v) is 5.61. The van der Waals surface area contributed by atoms with Crippen molar-refractivity contribution in [1.29, 1.82) is 0 Å². The molecule has 1 aliphatic rings. The molecule has 1 aliphatic carbocycles. The lowest BCUT2D eigenvalue weighted by atomic mass is 9.86. The highest BCUT2D eigenvalue weighted by atomic mass is 32.1. The van der Waals surface area contributed by atoms with Gasteiger partial charge in [-0.2, -0.15) is 0 Å². The number of carbonyl (C=O) groups is 1. The minimum atomic E-state index is -2.68. The molecule has 1 amide bonds. The van der Waals surface area contributed by atoms with Crippen LogP contribution in [0.5, 0.6) is 0 Å². The van der Waals surface area contributed by atoms with Crippen LogP contribution in [0.1, 0.15) is 31.2 Å². The summed E-state index contributed by atoms with van der Waals surface area (Å²) in [5.74, 6) is -4.05. The Bertz CT molecular complexity index is 567. The summed E-state index contributed by atoms with van der Waals surface area (Å²) in [4.78, 5) is 12.1. The van der Waals surface area contributed by atoms with Crippen molar-refractivity contribution in [2.45, 2.75) is 31.6 Å². The summed E-state index contributed by atoms with van der Waals surface area (Å²) in [6, 6.07) is 3.67. The summed E-state index contributed by atoms with van der Waals surface area (Å²) >= 11 is 4.81. The van der Waals surface area contributed by atoms with Gasteiger partial charge < -0.3 is 11.1 Å². The Balaban J connectivity index is 2.08. The van der Waals surface area contributed by atoms with Crippen LogP contribution in [-0.2, 0) is 4.79 Å². The molecule has 3 nitrogen and oxygen atoms in total. The lowest BCUT2D eigenvalue weighted by molar-refractivity contribution is -0.124. The van der Waals surface area contributed by atoms with E-state index in [4.69, 9.17) is 18.0 Å². The highest BCUT2D eigenvalue weighted by Gasteiger charge is 2.37. The van der Waals surface area contributed by atoms with Crippen LogP contribution in [0, 0.1) is 11.7 Å². The largest absolute Gasteiger partial charge is 0.389 e. The minimum Gasteiger partial charge on any atom is -0.389 e. The first-order valence-electron chi connectivity index (χ1n) is 6.56. The van der Waals surface area contributed by atoms with E-state index < -0.39 is 17.7 Å². The zero-order valence-electron chi connectivity index (χ0n) is 11.2. The minimum absolute atomic E-state index is 0.0417. The fourth-order valence-corrected chi connectivity index (χ4v) is 2.54. The molecular weight excluding hydrogens is 301 g/mol. The average molecular weight is 316 g/mol. The van der Waals surface area contributed by atoms with Gasteiger partial charge in [-0.1, -0.05) is 12.2 Å². The maximum atomic E-state index is 13.2. The number of amides is 1. The number of nitrogens with two attached hydrogens (primary N) is 1. The van der Waals surface area contributed by atoms with E-state index in [1.807, 2.05) is 0 Å². The van der Waals surface area contributed by atoms with E-state index >= 15 is 0 Å². The van der Waals surface area contributed by atoms with Crippen LogP contribution in [0.4, 0.5) is 18.9 Å². The van der Waals surface area contributed by atoms with Gasteiger partial charge in [0.1, 0.15) is 10.8 Å². The molecule has 7 heteroatoms. The second-order valence-electron chi connectivity index (χ2n) is 5.17. The van der Waals surface area contributed by atoms with Crippen LogP contribution in [0.3, 0.4) is 0 Å². The van der Waals surface area contributed by atoms with Crippen LogP contribution in [0.25, 0.3) is 0 Å². The number of halogens is 3. The van der Waals surface area contributed by atoms with Gasteiger partial charge in [0, 0.05) is 24.3 Å². The van der Waals surface area contributed by atoms with E-state index in [-0.39, 0.29) is 42.1 Å². The molecule has 2 rings (SSSR count). The normalized spacial score (nSPS) is 18.2. The van der Waals surface area contributed by atoms with E-state index in [0.29, 0.717) is 5.69 Å². The number of hydrogen-bond acceptors (Lipinski definition) is 2. The Morgan fingerprint density at radius 3 is 2.52 bits per heavy atom. The molecule has 0 unspecified atom stereocenters. The smallest absolute Gasteiger partial charge is 0.248 e. The third-order valence-electron chi connectivity index (χ3n) is 3.59. The average Bonchev–Trinajstić information content (AvgIpc) is 2.40. The fraction of sp³-hybridized carbons (Fsp3) is 0.429. The van der Waals surface area contributed by atoms with Crippen molar-refractivity contribution in [2.24, 2.45) is 11.7 Å². The number of alkyl halides is 2. The molecule has 21 heavy (non-hydrogen) atoms. The van der Waals surface area contributed by atoms with E-state index in [1.165, 1.54) is 12.1 Å². The SMILES string of the molecule is NC(=S)c1cc(F)ccc1NC(=O)C1CCC(F)(F)CC1. The molecule has 3 N–H and O–H groups in total. The standard InChI is InChI=1S/C14H15F3N2OS/c15-9-1-2-11(10(7-9)12(18)21)19-13(20)8-3-5-14(16,17)6-4-8/h1-2,7-8H,3-6H2,(H2,18,21)(H,19,20). The molecule has 1 saturated carbocycles. The van der Waals surface area contributed by atoms with Crippen molar-refractivity contribution < 1.29 is 18.0 Å². The maximum absolute atomic E-state index is 13.2. The number of nitrogens with one attached hydrogen (secondary N) is 1. The van der Waals surface area contributed by atoms with Crippen molar-refractivity contribution in [1.82, 2.24) is 0 Å². The molecule has 0 aliphatic heterocycles. The number of rotatable bonds is 3. The number of hydrogen-bond donors (Lipinski definition) is 2. The summed E-state index contributed by atoms with van der Waals surface area (Å²) in [7, 11) is 0. The Hall–Kier alpha value is -1.63. The molecule has 0 bridgehead atoms. The number of benzene rings is 1. The molecule has 0 radical (unpaired) electrons. The first-order chi connectivity index (χ1) is 9.78. The predicted molar refractivity (Wildman–Crippen MR) is 77.8 cm³/mol. The van der Waals surface area contributed by atoms with Crippen molar-refractivity contribution >= 4 is 28.8 Å². The third-order valence-corrected chi connectivity index (χ3v) is 3.81. The fourth-order valence-electron chi connectivity index (χ4n) is 2.37. The van der Waals surface area contributed by atoms with Crippen molar-refractivity contribution in [3.05, 3.63) is 29.6 Å². The van der Waals surface area contributed by atoms with Gasteiger partial charge in [0.2, 0.25) is 11.8 Å². The monoisotopic (exact) mass is 316 g/mol. The summed E-state index contributed by atoms with van der Waals surface area (Å²) < 4.78 is 39.3. The maximum Gasteiger partial charge on any atom is 0.248 e. The molecule has 0 atom stereocenters. The van der Waals surface area contributed by atoms with Crippen LogP contribution < -0.4 is 11.1 Å². The Morgan fingerprint density at radius 1 is 1.33 bits per heavy atom. The predicted octanol–water partition coefficient (Wildman–Crippen LogP) is 3.22. The van der Waals surface area contributed by atoms with E-state index in [2.05, 4.69) is 5.32 Å². The molecule has 0 spiro atoms. The van der Waals surface area contributed by atoms with Crippen molar-refractivity contribution in [3.63, 3.8) is 0 Å². The summed E-state index contributed by atoms with van der Waals surface area (Å²) in [6.45, 7) is 0. The van der Waals surface area contributed by atoms with E-state index in [0.717, 1.165) is 6.07 Å². The molecule has 114 valence electrons. The van der Waals surface area contributed by atoms with Crippen LogP contribution in [0.2, 0.25) is 0 Å². The van der Waals surface area contributed by atoms with E-state index in [9.17, 15) is 18.0 Å². The summed E-state index contributed by atoms with van der Waals surface area (Å²) in [6.07, 6.45) is -0.335. The number of thiocarbonyl (C=S) groups is 1. The summed E-state index contributed by atoms with van der Waals surface area (Å²) in [5.41, 5.74) is 6.01. The topological polar surface area (TPSA) is 55.1 Å². The van der Waals surface area contributed by atoms with Gasteiger partial charge in [0.05, 0.1) is 5.69 Å². The highest BCUT2D eigenvalue weighted by Crippen LogP contribution is 2.36. The molecular formula is C14H15F3N2OS.